The highest BCUT2D eigenvalue weighted by molar-refractivity contribution is 6.41. The fourth-order valence-corrected chi connectivity index (χ4v) is 5.67. The Morgan fingerprint density at radius 3 is 2.13 bits per heavy atom. The molecule has 0 atom stereocenters. The number of rotatable bonds is 12. The summed E-state index contributed by atoms with van der Waals surface area (Å²) in [5, 5.41) is 0. The van der Waals surface area contributed by atoms with Crippen molar-refractivity contribution in [3.05, 3.63) is 0 Å². The van der Waals surface area contributed by atoms with Crippen molar-refractivity contribution in [2.75, 3.05) is 0 Å². The molecule has 0 aliphatic rings. The minimum Gasteiger partial charge on any atom is -0.449 e. The standard InChI is InChI=1S/C10H28O2Si3/c1-2-3-4-5-6-7-8-9-10-14-12-15-11-13/h2-10,14-15H2,1,13H3. The summed E-state index contributed by atoms with van der Waals surface area (Å²) in [5.74, 6) is 0. The first-order chi connectivity index (χ1) is 7.41. The topological polar surface area (TPSA) is 18.5 Å². The first-order valence-corrected chi connectivity index (χ1v) is 10.0. The Hall–Kier alpha value is 0.571. The zero-order valence-corrected chi connectivity index (χ0v) is 15.4. The molecule has 0 spiro atoms. The van der Waals surface area contributed by atoms with Crippen molar-refractivity contribution in [1.82, 2.24) is 0 Å². The largest absolute Gasteiger partial charge is 0.449 e. The summed E-state index contributed by atoms with van der Waals surface area (Å²) >= 11 is 0. The van der Waals surface area contributed by atoms with E-state index in [2.05, 4.69) is 6.92 Å². The Bertz CT molecular complexity index is 103. The van der Waals surface area contributed by atoms with Crippen molar-refractivity contribution in [3.63, 3.8) is 0 Å². The van der Waals surface area contributed by atoms with Crippen molar-refractivity contribution >= 4 is 30.3 Å². The van der Waals surface area contributed by atoms with Crippen molar-refractivity contribution < 1.29 is 8.23 Å². The van der Waals surface area contributed by atoms with Gasteiger partial charge >= 0.3 is 0 Å². The minimum absolute atomic E-state index is 0.188. The predicted octanol–water partition coefficient (Wildman–Crippen LogP) is 0.942. The van der Waals surface area contributed by atoms with Crippen LogP contribution >= 0.6 is 0 Å². The molecule has 0 aromatic rings. The number of hydrogen-bond donors (Lipinski definition) is 0. The lowest BCUT2D eigenvalue weighted by molar-refractivity contribution is 0.498. The molecule has 2 nitrogen and oxygen atoms in total. The highest BCUT2D eigenvalue weighted by Gasteiger charge is 1.92. The van der Waals surface area contributed by atoms with Crippen LogP contribution in [0.2, 0.25) is 6.04 Å². The lowest BCUT2D eigenvalue weighted by Crippen LogP contribution is -2.06. The molecule has 0 rings (SSSR count). The average Bonchev–Trinajstić information content (AvgIpc) is 2.26. The van der Waals surface area contributed by atoms with Crippen LogP contribution in [0.1, 0.15) is 58.3 Å². The molecule has 5 heteroatoms. The van der Waals surface area contributed by atoms with Gasteiger partial charge in [0.25, 0.3) is 10.0 Å². The molecule has 0 radical (unpaired) electrons. The molecule has 0 aromatic carbocycles. The second kappa shape index (κ2) is 14.6. The summed E-state index contributed by atoms with van der Waals surface area (Å²) in [6.07, 6.45) is 11.4. The van der Waals surface area contributed by atoms with Gasteiger partial charge in [0.2, 0.25) is 0 Å². The lowest BCUT2D eigenvalue weighted by atomic mass is 10.1. The Morgan fingerprint density at radius 2 is 1.53 bits per heavy atom. The second-order valence-corrected chi connectivity index (χ2v) is 9.44. The molecule has 0 N–H and O–H groups in total. The molecule has 0 amide bonds. The maximum absolute atomic E-state index is 5.53. The van der Waals surface area contributed by atoms with E-state index in [9.17, 15) is 0 Å². The van der Waals surface area contributed by atoms with E-state index in [1.165, 1.54) is 57.4 Å². The molecule has 0 saturated heterocycles. The quantitative estimate of drug-likeness (QED) is 0.386. The van der Waals surface area contributed by atoms with Crippen LogP contribution in [0.3, 0.4) is 0 Å². The highest BCUT2D eigenvalue weighted by atomic mass is 28.3. The van der Waals surface area contributed by atoms with E-state index in [0.717, 1.165) is 10.5 Å². The molecule has 0 fully saturated rings. The molecule has 0 aliphatic carbocycles. The van der Waals surface area contributed by atoms with Crippen LogP contribution in [0.4, 0.5) is 0 Å². The van der Waals surface area contributed by atoms with Gasteiger partial charge in [-0.3, -0.25) is 0 Å². The molecule has 0 aromatic heterocycles. The van der Waals surface area contributed by atoms with E-state index in [1.54, 1.807) is 0 Å². The van der Waals surface area contributed by atoms with Gasteiger partial charge in [0.05, 0.1) is 0 Å². The molecule has 15 heavy (non-hydrogen) atoms. The summed E-state index contributed by atoms with van der Waals surface area (Å²) in [6, 6.07) is 1.37. The first-order valence-electron chi connectivity index (χ1n) is 6.48. The fourth-order valence-electron chi connectivity index (χ4n) is 1.66. The van der Waals surface area contributed by atoms with Crippen LogP contribution in [0, 0.1) is 0 Å². The van der Waals surface area contributed by atoms with E-state index in [4.69, 9.17) is 8.23 Å². The number of hydrogen-bond acceptors (Lipinski definition) is 2. The zero-order valence-electron chi connectivity index (χ0n) is 10.6. The summed E-state index contributed by atoms with van der Waals surface area (Å²) in [6.45, 7) is 2.27. The first kappa shape index (κ1) is 15.6. The van der Waals surface area contributed by atoms with Crippen molar-refractivity contribution in [1.29, 1.82) is 0 Å². The van der Waals surface area contributed by atoms with Gasteiger partial charge < -0.3 is 8.23 Å². The summed E-state index contributed by atoms with van der Waals surface area (Å²) in [4.78, 5) is 0. The Kier molecular flexibility index (Phi) is 15.1. The third-order valence-electron chi connectivity index (χ3n) is 2.59. The van der Waals surface area contributed by atoms with Crippen molar-refractivity contribution in [2.24, 2.45) is 0 Å². The van der Waals surface area contributed by atoms with Gasteiger partial charge in [-0.1, -0.05) is 58.3 Å². The Balaban J connectivity index is 2.81. The van der Waals surface area contributed by atoms with Crippen LogP contribution < -0.4 is 0 Å². The Morgan fingerprint density at radius 1 is 0.933 bits per heavy atom. The van der Waals surface area contributed by atoms with E-state index in [0.29, 0.717) is 0 Å². The summed E-state index contributed by atoms with van der Waals surface area (Å²) in [7, 11) is 0.172. The minimum atomic E-state index is -0.508. The van der Waals surface area contributed by atoms with Gasteiger partial charge in [-0.15, -0.1) is 0 Å². The lowest BCUT2D eigenvalue weighted by Gasteiger charge is -2.02. The molecular weight excluding hydrogens is 236 g/mol. The maximum atomic E-state index is 5.53. The van der Waals surface area contributed by atoms with Gasteiger partial charge in [-0.25, -0.2) is 0 Å². The molecule has 0 unspecified atom stereocenters. The third kappa shape index (κ3) is 14.6. The smallest absolute Gasteiger partial charge is 0.282 e. The van der Waals surface area contributed by atoms with E-state index in [1.807, 2.05) is 0 Å². The molecular formula is C10H28O2Si3. The van der Waals surface area contributed by atoms with Gasteiger partial charge in [0.15, 0.2) is 0 Å². The van der Waals surface area contributed by atoms with Crippen molar-refractivity contribution in [2.45, 2.75) is 64.3 Å². The normalized spacial score (nSPS) is 12.6. The van der Waals surface area contributed by atoms with Gasteiger partial charge in [0, 0.05) is 0 Å². The highest BCUT2D eigenvalue weighted by Crippen LogP contribution is 2.09. The van der Waals surface area contributed by atoms with Crippen LogP contribution in [0.25, 0.3) is 0 Å². The fraction of sp³-hybridized carbons (Fsp3) is 1.00. The predicted molar refractivity (Wildman–Crippen MR) is 76.6 cm³/mol. The van der Waals surface area contributed by atoms with E-state index < -0.39 is 10.0 Å². The molecule has 0 aliphatic heterocycles. The molecule has 0 saturated carbocycles. The maximum Gasteiger partial charge on any atom is 0.282 e. The van der Waals surface area contributed by atoms with Crippen LogP contribution in [0.5, 0.6) is 0 Å². The summed E-state index contributed by atoms with van der Waals surface area (Å²) in [5.41, 5.74) is 0. The average molecular weight is 265 g/mol. The molecule has 0 bridgehead atoms. The zero-order chi connectivity index (χ0) is 11.2. The van der Waals surface area contributed by atoms with Crippen LogP contribution in [0.15, 0.2) is 0 Å². The number of unbranched alkanes of at least 4 members (excludes halogenated alkanes) is 7. The van der Waals surface area contributed by atoms with Crippen LogP contribution in [-0.2, 0) is 8.23 Å². The Labute approximate surface area is 103 Å². The molecule has 0 heterocycles. The SMILES string of the molecule is CCCCCCCCCC[SiH2]O[SiH2]O[SiH3]. The third-order valence-corrected chi connectivity index (χ3v) is 6.15. The van der Waals surface area contributed by atoms with Crippen molar-refractivity contribution in [3.8, 4) is 0 Å². The van der Waals surface area contributed by atoms with Crippen LogP contribution in [-0.4, -0.2) is 30.3 Å². The second-order valence-electron chi connectivity index (χ2n) is 4.14. The van der Waals surface area contributed by atoms with Gasteiger partial charge in [0.1, 0.15) is 20.2 Å². The van der Waals surface area contributed by atoms with Gasteiger partial charge in [-0.2, -0.15) is 0 Å². The van der Waals surface area contributed by atoms with Gasteiger partial charge in [-0.05, 0) is 6.04 Å². The summed E-state index contributed by atoms with van der Waals surface area (Å²) < 4.78 is 10.6. The molecule has 92 valence electrons. The van der Waals surface area contributed by atoms with E-state index >= 15 is 0 Å². The van der Waals surface area contributed by atoms with E-state index in [-0.39, 0.29) is 9.76 Å². The monoisotopic (exact) mass is 264 g/mol.